The molecule has 0 spiro atoms. The van der Waals surface area contributed by atoms with Crippen LogP contribution in [-0.2, 0) is 18.3 Å². The number of aromatic nitrogens is 4. The number of nitrogens with zero attached hydrogens (tertiary/aromatic N) is 3. The Hall–Kier alpha value is -3.42. The van der Waals surface area contributed by atoms with E-state index < -0.39 is 5.97 Å². The minimum Gasteiger partial charge on any atom is -0.493 e. The molecule has 0 amide bonds. The number of aryl methyl sites for hydroxylation is 2. The number of carboxylic acid groups (broad SMARTS) is 1. The van der Waals surface area contributed by atoms with E-state index in [9.17, 15) is 9.59 Å². The first-order valence-electron chi connectivity index (χ1n) is 9.58. The Kier molecular flexibility index (Phi) is 6.11. The molecule has 1 aromatic carbocycles. The lowest BCUT2D eigenvalue weighted by Crippen LogP contribution is -2.13. The number of rotatable bonds is 8. The van der Waals surface area contributed by atoms with Gasteiger partial charge in [-0.05, 0) is 36.6 Å². The third-order valence-corrected chi connectivity index (χ3v) is 4.39. The van der Waals surface area contributed by atoms with Gasteiger partial charge in [0.1, 0.15) is 17.1 Å². The summed E-state index contributed by atoms with van der Waals surface area (Å²) in [5.41, 5.74) is 2.74. The molecule has 0 saturated carbocycles. The molecule has 8 heteroatoms. The van der Waals surface area contributed by atoms with E-state index >= 15 is 0 Å². The van der Waals surface area contributed by atoms with Gasteiger partial charge in [-0.3, -0.25) is 9.48 Å². The average Bonchev–Trinajstić information content (AvgIpc) is 3.01. The molecule has 0 bridgehead atoms. The first-order valence-corrected chi connectivity index (χ1v) is 9.58. The topological polar surface area (TPSA) is 110 Å². The van der Waals surface area contributed by atoms with Crippen molar-refractivity contribution in [3.05, 3.63) is 45.9 Å². The van der Waals surface area contributed by atoms with Crippen molar-refractivity contribution in [3.63, 3.8) is 0 Å². The van der Waals surface area contributed by atoms with E-state index in [4.69, 9.17) is 14.8 Å². The van der Waals surface area contributed by atoms with Gasteiger partial charge in [0.2, 0.25) is 0 Å². The van der Waals surface area contributed by atoms with Crippen molar-refractivity contribution in [1.82, 2.24) is 19.7 Å². The van der Waals surface area contributed by atoms with Crippen molar-refractivity contribution < 1.29 is 14.6 Å². The number of nitrogens with one attached hydrogen (secondary N) is 1. The van der Waals surface area contributed by atoms with Gasteiger partial charge in [0, 0.05) is 13.1 Å². The number of hydrogen-bond donors (Lipinski definition) is 2. The highest BCUT2D eigenvalue weighted by atomic mass is 16.5. The number of ether oxygens (including phenoxy) is 1. The molecular formula is C21H24N4O4. The van der Waals surface area contributed by atoms with Crippen molar-refractivity contribution in [3.8, 4) is 17.1 Å². The third kappa shape index (κ3) is 4.37. The van der Waals surface area contributed by atoms with E-state index in [1.54, 1.807) is 29.9 Å². The molecule has 3 aromatic rings. The van der Waals surface area contributed by atoms with Crippen LogP contribution in [0.25, 0.3) is 28.5 Å². The van der Waals surface area contributed by atoms with Crippen LogP contribution < -0.4 is 10.3 Å². The SMILES string of the molecule is CCCOc1ccc(/C=C/C(=O)O)cc1-c1nc2c(CCC)nn(C)c2c(=O)[nH]1. The van der Waals surface area contributed by atoms with Crippen molar-refractivity contribution in [2.75, 3.05) is 6.61 Å². The molecule has 29 heavy (non-hydrogen) atoms. The van der Waals surface area contributed by atoms with Gasteiger partial charge in [-0.2, -0.15) is 5.10 Å². The fraction of sp³-hybridized carbons (Fsp3) is 0.333. The normalized spacial score (nSPS) is 11.4. The number of hydrogen-bond acceptors (Lipinski definition) is 5. The van der Waals surface area contributed by atoms with Gasteiger partial charge in [0.05, 0.1) is 17.9 Å². The van der Waals surface area contributed by atoms with Gasteiger partial charge < -0.3 is 14.8 Å². The van der Waals surface area contributed by atoms with E-state index in [1.165, 1.54) is 6.08 Å². The smallest absolute Gasteiger partial charge is 0.328 e. The van der Waals surface area contributed by atoms with Crippen molar-refractivity contribution in [2.45, 2.75) is 33.1 Å². The molecule has 0 radical (unpaired) electrons. The standard InChI is InChI=1S/C21H24N4O4/c1-4-6-15-18-19(25(3)24-15)21(28)23-20(22-18)14-12-13(8-10-17(26)27)7-9-16(14)29-11-5-2/h7-10,12H,4-6,11H2,1-3H3,(H,26,27)(H,22,23,28)/b10-8+. The lowest BCUT2D eigenvalue weighted by atomic mass is 10.1. The van der Waals surface area contributed by atoms with Crippen LogP contribution in [0.3, 0.4) is 0 Å². The Morgan fingerprint density at radius 2 is 2.10 bits per heavy atom. The first kappa shape index (κ1) is 20.3. The minimum atomic E-state index is -1.04. The Labute approximate surface area is 167 Å². The molecule has 2 N–H and O–H groups in total. The van der Waals surface area contributed by atoms with Gasteiger partial charge in [-0.25, -0.2) is 9.78 Å². The van der Waals surface area contributed by atoms with Gasteiger partial charge in [-0.15, -0.1) is 0 Å². The maximum Gasteiger partial charge on any atom is 0.328 e. The molecule has 0 unspecified atom stereocenters. The van der Waals surface area contributed by atoms with Crippen LogP contribution in [-0.4, -0.2) is 37.4 Å². The molecule has 0 aliphatic rings. The highest BCUT2D eigenvalue weighted by Gasteiger charge is 2.17. The predicted octanol–water partition coefficient (Wildman–Crippen LogP) is 3.16. The zero-order valence-corrected chi connectivity index (χ0v) is 16.7. The van der Waals surface area contributed by atoms with Crippen LogP contribution in [0.15, 0.2) is 29.1 Å². The van der Waals surface area contributed by atoms with Crippen molar-refractivity contribution in [1.29, 1.82) is 0 Å². The lowest BCUT2D eigenvalue weighted by Gasteiger charge is -2.12. The molecular weight excluding hydrogens is 372 g/mol. The maximum absolute atomic E-state index is 12.7. The summed E-state index contributed by atoms with van der Waals surface area (Å²) in [7, 11) is 1.73. The maximum atomic E-state index is 12.7. The summed E-state index contributed by atoms with van der Waals surface area (Å²) in [6.07, 6.45) is 4.97. The van der Waals surface area contributed by atoms with Crippen molar-refractivity contribution >= 4 is 23.1 Å². The molecule has 0 aliphatic heterocycles. The number of H-pyrrole nitrogens is 1. The summed E-state index contributed by atoms with van der Waals surface area (Å²) in [5.74, 6) is -0.0994. The summed E-state index contributed by atoms with van der Waals surface area (Å²) in [6, 6.07) is 5.27. The quantitative estimate of drug-likeness (QED) is 0.566. The number of benzene rings is 1. The zero-order valence-electron chi connectivity index (χ0n) is 16.7. The summed E-state index contributed by atoms with van der Waals surface area (Å²) < 4.78 is 7.38. The third-order valence-electron chi connectivity index (χ3n) is 4.39. The highest BCUT2D eigenvalue weighted by Crippen LogP contribution is 2.30. The van der Waals surface area contributed by atoms with E-state index in [2.05, 4.69) is 10.1 Å². The molecule has 0 saturated heterocycles. The zero-order chi connectivity index (χ0) is 21.0. The van der Waals surface area contributed by atoms with Crippen LogP contribution in [0.2, 0.25) is 0 Å². The Morgan fingerprint density at radius 1 is 1.31 bits per heavy atom. The van der Waals surface area contributed by atoms with E-state index in [1.807, 2.05) is 13.8 Å². The second-order valence-corrected chi connectivity index (χ2v) is 6.71. The largest absolute Gasteiger partial charge is 0.493 e. The monoisotopic (exact) mass is 396 g/mol. The Morgan fingerprint density at radius 3 is 2.79 bits per heavy atom. The molecule has 8 nitrogen and oxygen atoms in total. The molecule has 3 rings (SSSR count). The van der Waals surface area contributed by atoms with Crippen LogP contribution in [0.4, 0.5) is 0 Å². The van der Waals surface area contributed by atoms with E-state index in [-0.39, 0.29) is 5.56 Å². The van der Waals surface area contributed by atoms with Crippen molar-refractivity contribution in [2.24, 2.45) is 7.05 Å². The van der Waals surface area contributed by atoms with Gasteiger partial charge in [0.25, 0.3) is 5.56 Å². The van der Waals surface area contributed by atoms with Crippen LogP contribution >= 0.6 is 0 Å². The number of aromatic amines is 1. The summed E-state index contributed by atoms with van der Waals surface area (Å²) in [5, 5.41) is 13.3. The summed E-state index contributed by atoms with van der Waals surface area (Å²) >= 11 is 0. The number of carboxylic acids is 1. The molecule has 0 aliphatic carbocycles. The fourth-order valence-electron chi connectivity index (χ4n) is 3.12. The Balaban J connectivity index is 2.20. The Bertz CT molecular complexity index is 1130. The first-order chi connectivity index (χ1) is 13.9. The van der Waals surface area contributed by atoms with Crippen LogP contribution in [0, 0.1) is 0 Å². The van der Waals surface area contributed by atoms with Crippen LogP contribution in [0.5, 0.6) is 5.75 Å². The molecule has 0 fully saturated rings. The van der Waals surface area contributed by atoms with Gasteiger partial charge in [0.15, 0.2) is 5.52 Å². The molecule has 152 valence electrons. The summed E-state index contributed by atoms with van der Waals surface area (Å²) in [4.78, 5) is 31.1. The predicted molar refractivity (Wildman–Crippen MR) is 111 cm³/mol. The molecule has 2 heterocycles. The second kappa shape index (κ2) is 8.72. The number of fused-ring (bicyclic) bond motifs is 1. The average molecular weight is 396 g/mol. The summed E-state index contributed by atoms with van der Waals surface area (Å²) in [6.45, 7) is 4.56. The second-order valence-electron chi connectivity index (χ2n) is 6.71. The lowest BCUT2D eigenvalue weighted by molar-refractivity contribution is -0.131. The number of aliphatic carboxylic acids is 1. The molecule has 2 aromatic heterocycles. The molecule has 0 atom stereocenters. The van der Waals surface area contributed by atoms with E-state index in [0.29, 0.717) is 46.8 Å². The van der Waals surface area contributed by atoms with Gasteiger partial charge in [-0.1, -0.05) is 26.3 Å². The fourth-order valence-corrected chi connectivity index (χ4v) is 3.12. The van der Waals surface area contributed by atoms with Crippen LogP contribution in [0.1, 0.15) is 37.9 Å². The minimum absolute atomic E-state index is 0.282. The van der Waals surface area contributed by atoms with E-state index in [0.717, 1.165) is 24.6 Å². The number of carbonyl (C=O) groups is 1. The van der Waals surface area contributed by atoms with Gasteiger partial charge >= 0.3 is 5.97 Å². The highest BCUT2D eigenvalue weighted by molar-refractivity contribution is 5.86.